The van der Waals surface area contributed by atoms with Crippen LogP contribution in [0, 0.1) is 0 Å². The molecule has 4 aromatic rings. The third-order valence-electron chi connectivity index (χ3n) is 4.24. The predicted octanol–water partition coefficient (Wildman–Crippen LogP) is 4.36. The molecule has 7 heteroatoms. The maximum Gasteiger partial charge on any atom is 0.272 e. The smallest absolute Gasteiger partial charge is 0.272 e. The fourth-order valence-electron chi connectivity index (χ4n) is 2.96. The van der Waals surface area contributed by atoms with Crippen molar-refractivity contribution in [2.24, 2.45) is 0 Å². The lowest BCUT2D eigenvalue weighted by molar-refractivity contribution is -0.113. The number of aromatic nitrogens is 2. The maximum atomic E-state index is 12.5. The van der Waals surface area contributed by atoms with Gasteiger partial charge in [-0.25, -0.2) is 4.98 Å². The number of fused-ring (bicyclic) bond motifs is 2. The van der Waals surface area contributed by atoms with Crippen LogP contribution in [0.5, 0.6) is 0 Å². The van der Waals surface area contributed by atoms with Gasteiger partial charge in [0.05, 0.1) is 11.3 Å². The van der Waals surface area contributed by atoms with Crippen LogP contribution in [0.25, 0.3) is 21.0 Å². The number of carbonyl (C=O) groups is 1. The Bertz CT molecular complexity index is 1190. The van der Waals surface area contributed by atoms with Gasteiger partial charge in [0.2, 0.25) is 5.91 Å². The number of thiophene rings is 1. The van der Waals surface area contributed by atoms with Crippen molar-refractivity contribution in [1.29, 1.82) is 0 Å². The van der Waals surface area contributed by atoms with Crippen LogP contribution in [-0.2, 0) is 11.3 Å². The summed E-state index contributed by atoms with van der Waals surface area (Å²) in [7, 11) is 0. The molecule has 2 aromatic carbocycles. The topological polar surface area (TPSA) is 64.0 Å². The van der Waals surface area contributed by atoms with E-state index in [0.717, 1.165) is 16.5 Å². The summed E-state index contributed by atoms with van der Waals surface area (Å²) in [6.45, 7) is 2.43. The molecule has 0 atom stereocenters. The third-order valence-corrected chi connectivity index (χ3v) is 6.11. The lowest BCUT2D eigenvalue weighted by Gasteiger charge is -2.11. The Hall–Kier alpha value is -2.64. The molecule has 136 valence electrons. The number of benzene rings is 2. The standard InChI is InChI=1S/C20H17N3O2S2/c1-2-23-19(25)18-16(10-11-26-18)22-20(23)27-12-17(24)21-15-9-5-7-13-6-3-4-8-14(13)15/h3-11H,2,12H2,1H3,(H,21,24). The van der Waals surface area contributed by atoms with E-state index in [9.17, 15) is 9.59 Å². The van der Waals surface area contributed by atoms with Gasteiger partial charge in [-0.05, 0) is 29.8 Å². The van der Waals surface area contributed by atoms with Gasteiger partial charge in [0.1, 0.15) is 4.70 Å². The number of nitrogens with one attached hydrogen (secondary N) is 1. The highest BCUT2D eigenvalue weighted by Gasteiger charge is 2.13. The predicted molar refractivity (Wildman–Crippen MR) is 113 cm³/mol. The van der Waals surface area contributed by atoms with Crippen molar-refractivity contribution in [3.63, 3.8) is 0 Å². The quantitative estimate of drug-likeness (QED) is 0.403. The van der Waals surface area contributed by atoms with Crippen LogP contribution in [0.3, 0.4) is 0 Å². The van der Waals surface area contributed by atoms with Crippen LogP contribution in [0.2, 0.25) is 0 Å². The second kappa shape index (κ2) is 7.54. The molecule has 0 aliphatic carbocycles. The van der Waals surface area contributed by atoms with Crippen molar-refractivity contribution in [2.75, 3.05) is 11.1 Å². The highest BCUT2D eigenvalue weighted by atomic mass is 32.2. The molecule has 0 saturated carbocycles. The summed E-state index contributed by atoms with van der Waals surface area (Å²) >= 11 is 2.68. The van der Waals surface area contributed by atoms with E-state index in [4.69, 9.17) is 0 Å². The van der Waals surface area contributed by atoms with Gasteiger partial charge in [-0.15, -0.1) is 11.3 Å². The number of amides is 1. The second-order valence-corrected chi connectivity index (χ2v) is 7.80. The van der Waals surface area contributed by atoms with E-state index in [-0.39, 0.29) is 17.2 Å². The molecule has 4 rings (SSSR count). The largest absolute Gasteiger partial charge is 0.325 e. The molecule has 0 radical (unpaired) electrons. The summed E-state index contributed by atoms with van der Waals surface area (Å²) in [5.74, 6) is 0.0596. The maximum absolute atomic E-state index is 12.5. The van der Waals surface area contributed by atoms with Crippen LogP contribution >= 0.6 is 23.1 Å². The normalized spacial score (nSPS) is 11.1. The van der Waals surface area contributed by atoms with Crippen molar-refractivity contribution in [3.8, 4) is 0 Å². The molecule has 0 unspecified atom stereocenters. The summed E-state index contributed by atoms with van der Waals surface area (Å²) in [5, 5.41) is 7.48. The average molecular weight is 396 g/mol. The number of rotatable bonds is 5. The molecular weight excluding hydrogens is 378 g/mol. The number of hydrogen-bond acceptors (Lipinski definition) is 5. The van der Waals surface area contributed by atoms with Crippen LogP contribution in [0.1, 0.15) is 6.92 Å². The second-order valence-electron chi connectivity index (χ2n) is 5.94. The minimum Gasteiger partial charge on any atom is -0.325 e. The first kappa shape index (κ1) is 17.8. The zero-order valence-corrected chi connectivity index (χ0v) is 16.3. The van der Waals surface area contributed by atoms with Crippen LogP contribution in [0.4, 0.5) is 5.69 Å². The van der Waals surface area contributed by atoms with Crippen LogP contribution < -0.4 is 10.9 Å². The van der Waals surface area contributed by atoms with E-state index in [1.165, 1.54) is 23.1 Å². The fourth-order valence-corrected chi connectivity index (χ4v) is 4.60. The Morgan fingerprint density at radius 3 is 2.85 bits per heavy atom. The Balaban J connectivity index is 1.54. The number of thioether (sulfide) groups is 1. The van der Waals surface area contributed by atoms with E-state index in [2.05, 4.69) is 10.3 Å². The van der Waals surface area contributed by atoms with Crippen molar-refractivity contribution < 1.29 is 4.79 Å². The minimum atomic E-state index is -0.126. The summed E-state index contributed by atoms with van der Waals surface area (Å²) in [6.07, 6.45) is 0. The number of carbonyl (C=O) groups excluding carboxylic acids is 1. The summed E-state index contributed by atoms with van der Waals surface area (Å²) in [4.78, 5) is 29.6. The third kappa shape index (κ3) is 3.48. The van der Waals surface area contributed by atoms with Crippen LogP contribution in [-0.4, -0.2) is 21.2 Å². The van der Waals surface area contributed by atoms with Crippen LogP contribution in [0.15, 0.2) is 63.9 Å². The first-order valence-electron chi connectivity index (χ1n) is 8.56. The first-order valence-corrected chi connectivity index (χ1v) is 10.4. The lowest BCUT2D eigenvalue weighted by atomic mass is 10.1. The van der Waals surface area contributed by atoms with Gasteiger partial charge in [-0.3, -0.25) is 14.2 Å². The van der Waals surface area contributed by atoms with Crippen molar-refractivity contribution in [3.05, 3.63) is 64.3 Å². The van der Waals surface area contributed by atoms with Gasteiger partial charge in [0.25, 0.3) is 5.56 Å². The highest BCUT2D eigenvalue weighted by Crippen LogP contribution is 2.24. The van der Waals surface area contributed by atoms with E-state index in [1.54, 1.807) is 4.57 Å². The average Bonchev–Trinajstić information content (AvgIpc) is 3.16. The van der Waals surface area contributed by atoms with Gasteiger partial charge in [0, 0.05) is 17.6 Å². The molecule has 2 heterocycles. The number of hydrogen-bond donors (Lipinski definition) is 1. The Kier molecular flexibility index (Phi) is 4.96. The van der Waals surface area contributed by atoms with Crippen molar-refractivity contribution in [1.82, 2.24) is 9.55 Å². The first-order chi connectivity index (χ1) is 13.2. The van der Waals surface area contributed by atoms with E-state index >= 15 is 0 Å². The SMILES string of the molecule is CCn1c(SCC(=O)Nc2cccc3ccccc23)nc2ccsc2c1=O. The zero-order chi connectivity index (χ0) is 18.8. The molecule has 1 amide bonds. The van der Waals surface area contributed by atoms with Gasteiger partial charge in [-0.1, -0.05) is 48.2 Å². The lowest BCUT2D eigenvalue weighted by Crippen LogP contribution is -2.22. The molecular formula is C20H17N3O2S2. The minimum absolute atomic E-state index is 0.0468. The van der Waals surface area contributed by atoms with E-state index in [0.29, 0.717) is 21.9 Å². The summed E-state index contributed by atoms with van der Waals surface area (Å²) < 4.78 is 2.27. The van der Waals surface area contributed by atoms with Crippen molar-refractivity contribution >= 4 is 55.7 Å². The Labute approximate surface area is 164 Å². The Morgan fingerprint density at radius 2 is 2.00 bits per heavy atom. The van der Waals surface area contributed by atoms with E-state index in [1.807, 2.05) is 60.8 Å². The van der Waals surface area contributed by atoms with Gasteiger partial charge in [-0.2, -0.15) is 0 Å². The van der Waals surface area contributed by atoms with Gasteiger partial charge < -0.3 is 5.32 Å². The molecule has 0 bridgehead atoms. The molecule has 0 aliphatic rings. The monoisotopic (exact) mass is 395 g/mol. The highest BCUT2D eigenvalue weighted by molar-refractivity contribution is 7.99. The zero-order valence-electron chi connectivity index (χ0n) is 14.6. The molecule has 5 nitrogen and oxygen atoms in total. The number of nitrogens with zero attached hydrogens (tertiary/aromatic N) is 2. The van der Waals surface area contributed by atoms with Crippen molar-refractivity contribution in [2.45, 2.75) is 18.6 Å². The Morgan fingerprint density at radius 1 is 1.19 bits per heavy atom. The molecule has 0 aliphatic heterocycles. The summed E-state index contributed by atoms with van der Waals surface area (Å²) in [5.41, 5.74) is 1.42. The molecule has 0 saturated heterocycles. The molecule has 27 heavy (non-hydrogen) atoms. The molecule has 0 fully saturated rings. The summed E-state index contributed by atoms with van der Waals surface area (Å²) in [6, 6.07) is 15.6. The molecule has 2 aromatic heterocycles. The number of anilines is 1. The fraction of sp³-hybridized carbons (Fsp3) is 0.150. The van der Waals surface area contributed by atoms with E-state index < -0.39 is 0 Å². The molecule has 0 spiro atoms. The van der Waals surface area contributed by atoms with Gasteiger partial charge >= 0.3 is 0 Å². The van der Waals surface area contributed by atoms with Gasteiger partial charge in [0.15, 0.2) is 5.16 Å². The molecule has 1 N–H and O–H groups in total.